The van der Waals surface area contributed by atoms with E-state index in [1.165, 1.54) is 5.69 Å². The van der Waals surface area contributed by atoms with E-state index in [9.17, 15) is 4.79 Å². The number of pyridine rings is 1. The standard InChI is InChI=1S/C20H26N4O2/c1-16(2)26-19-9-8-17(14-21-19)15-22-20(25)24-12-10-23(11-13-24)18-6-4-3-5-7-18/h3-9,14,16H,10-13,15H2,1-2H3,(H,22,25). The lowest BCUT2D eigenvalue weighted by atomic mass is 10.2. The first-order chi connectivity index (χ1) is 12.6. The van der Waals surface area contributed by atoms with Crippen LogP contribution in [0.15, 0.2) is 48.7 Å². The highest BCUT2D eigenvalue weighted by Gasteiger charge is 2.20. The summed E-state index contributed by atoms with van der Waals surface area (Å²) >= 11 is 0. The summed E-state index contributed by atoms with van der Waals surface area (Å²) in [6, 6.07) is 14.0. The summed E-state index contributed by atoms with van der Waals surface area (Å²) in [4.78, 5) is 20.8. The van der Waals surface area contributed by atoms with Crippen LogP contribution in [0.1, 0.15) is 19.4 Å². The molecule has 1 saturated heterocycles. The fourth-order valence-corrected chi connectivity index (χ4v) is 2.92. The number of urea groups is 1. The number of aromatic nitrogens is 1. The minimum absolute atomic E-state index is 0.0276. The Morgan fingerprint density at radius 3 is 2.46 bits per heavy atom. The Bertz CT molecular complexity index is 696. The van der Waals surface area contributed by atoms with Gasteiger partial charge in [-0.15, -0.1) is 0 Å². The van der Waals surface area contributed by atoms with Gasteiger partial charge in [0.15, 0.2) is 0 Å². The van der Waals surface area contributed by atoms with Gasteiger partial charge in [-0.25, -0.2) is 9.78 Å². The molecule has 0 spiro atoms. The number of carbonyl (C=O) groups excluding carboxylic acids is 1. The Hall–Kier alpha value is -2.76. The molecule has 0 radical (unpaired) electrons. The number of anilines is 1. The topological polar surface area (TPSA) is 57.7 Å². The predicted octanol–water partition coefficient (Wildman–Crippen LogP) is 2.90. The van der Waals surface area contributed by atoms with Crippen molar-refractivity contribution in [1.82, 2.24) is 15.2 Å². The molecule has 3 rings (SSSR count). The molecule has 0 bridgehead atoms. The number of para-hydroxylation sites is 1. The molecule has 1 aliphatic rings. The average Bonchev–Trinajstić information content (AvgIpc) is 2.67. The number of benzene rings is 1. The highest BCUT2D eigenvalue weighted by Crippen LogP contribution is 2.15. The van der Waals surface area contributed by atoms with Crippen LogP contribution in [-0.2, 0) is 6.54 Å². The van der Waals surface area contributed by atoms with Crippen molar-refractivity contribution in [3.63, 3.8) is 0 Å². The van der Waals surface area contributed by atoms with Gasteiger partial charge in [-0.1, -0.05) is 24.3 Å². The molecule has 2 amide bonds. The zero-order chi connectivity index (χ0) is 18.4. The highest BCUT2D eigenvalue weighted by molar-refractivity contribution is 5.74. The molecule has 1 aliphatic heterocycles. The van der Waals surface area contributed by atoms with Crippen LogP contribution in [0, 0.1) is 0 Å². The van der Waals surface area contributed by atoms with Crippen LogP contribution < -0.4 is 15.0 Å². The van der Waals surface area contributed by atoms with Crippen LogP contribution in [0.4, 0.5) is 10.5 Å². The van der Waals surface area contributed by atoms with E-state index in [0.29, 0.717) is 12.4 Å². The number of carbonyl (C=O) groups is 1. The maximum atomic E-state index is 12.4. The Labute approximate surface area is 154 Å². The highest BCUT2D eigenvalue weighted by atomic mass is 16.5. The third-order valence-corrected chi connectivity index (χ3v) is 4.29. The summed E-state index contributed by atoms with van der Waals surface area (Å²) < 4.78 is 5.53. The third kappa shape index (κ3) is 4.88. The summed E-state index contributed by atoms with van der Waals surface area (Å²) in [5.74, 6) is 0.604. The van der Waals surface area contributed by atoms with Crippen LogP contribution in [-0.4, -0.2) is 48.2 Å². The predicted molar refractivity (Wildman–Crippen MR) is 102 cm³/mol. The Morgan fingerprint density at radius 1 is 1.12 bits per heavy atom. The Kier molecular flexibility index (Phi) is 5.94. The van der Waals surface area contributed by atoms with E-state index in [1.54, 1.807) is 6.20 Å². The number of amides is 2. The lowest BCUT2D eigenvalue weighted by Crippen LogP contribution is -2.51. The Morgan fingerprint density at radius 2 is 1.85 bits per heavy atom. The lowest BCUT2D eigenvalue weighted by Gasteiger charge is -2.36. The Balaban J connectivity index is 1.44. The molecule has 0 atom stereocenters. The second kappa shape index (κ2) is 8.56. The van der Waals surface area contributed by atoms with Gasteiger partial charge in [0.25, 0.3) is 0 Å². The van der Waals surface area contributed by atoms with E-state index in [2.05, 4.69) is 27.3 Å². The lowest BCUT2D eigenvalue weighted by molar-refractivity contribution is 0.194. The molecule has 0 saturated carbocycles. The fourth-order valence-electron chi connectivity index (χ4n) is 2.92. The van der Waals surface area contributed by atoms with Crippen molar-refractivity contribution in [3.8, 4) is 5.88 Å². The molecule has 1 aromatic heterocycles. The molecular formula is C20H26N4O2. The number of nitrogens with zero attached hydrogens (tertiary/aromatic N) is 3. The van der Waals surface area contributed by atoms with Crippen LogP contribution >= 0.6 is 0 Å². The zero-order valence-electron chi connectivity index (χ0n) is 15.4. The normalized spacial score (nSPS) is 14.4. The number of hydrogen-bond acceptors (Lipinski definition) is 4. The molecule has 0 unspecified atom stereocenters. The van der Waals surface area contributed by atoms with E-state index >= 15 is 0 Å². The maximum Gasteiger partial charge on any atom is 0.317 e. The first kappa shape index (κ1) is 18.0. The van der Waals surface area contributed by atoms with Crippen molar-refractivity contribution in [2.24, 2.45) is 0 Å². The molecule has 2 heterocycles. The van der Waals surface area contributed by atoms with Crippen LogP contribution in [0.5, 0.6) is 5.88 Å². The zero-order valence-corrected chi connectivity index (χ0v) is 15.4. The van der Waals surface area contributed by atoms with E-state index in [-0.39, 0.29) is 12.1 Å². The van der Waals surface area contributed by atoms with Crippen molar-refractivity contribution in [1.29, 1.82) is 0 Å². The molecule has 6 heteroatoms. The molecule has 6 nitrogen and oxygen atoms in total. The molecule has 1 N–H and O–H groups in total. The van der Waals surface area contributed by atoms with Gasteiger partial charge >= 0.3 is 6.03 Å². The largest absolute Gasteiger partial charge is 0.475 e. The van der Waals surface area contributed by atoms with Crippen molar-refractivity contribution in [2.45, 2.75) is 26.5 Å². The van der Waals surface area contributed by atoms with Crippen molar-refractivity contribution >= 4 is 11.7 Å². The molecular weight excluding hydrogens is 328 g/mol. The van der Waals surface area contributed by atoms with Gasteiger partial charge < -0.3 is 19.9 Å². The molecule has 1 aromatic carbocycles. The van der Waals surface area contributed by atoms with Gasteiger partial charge in [0.05, 0.1) is 6.10 Å². The van der Waals surface area contributed by atoms with Gasteiger partial charge in [0, 0.05) is 50.7 Å². The molecule has 138 valence electrons. The SMILES string of the molecule is CC(C)Oc1ccc(CNC(=O)N2CCN(c3ccccc3)CC2)cn1. The summed E-state index contributed by atoms with van der Waals surface area (Å²) in [6.45, 7) is 7.54. The van der Waals surface area contributed by atoms with Gasteiger partial charge in [0.2, 0.25) is 5.88 Å². The first-order valence-electron chi connectivity index (χ1n) is 9.06. The molecule has 26 heavy (non-hydrogen) atoms. The van der Waals surface area contributed by atoms with Gasteiger partial charge in [0.1, 0.15) is 0 Å². The monoisotopic (exact) mass is 354 g/mol. The number of ether oxygens (including phenoxy) is 1. The summed E-state index contributed by atoms with van der Waals surface area (Å²) in [6.07, 6.45) is 1.84. The molecule has 2 aromatic rings. The van der Waals surface area contributed by atoms with E-state index in [1.807, 2.05) is 49.1 Å². The number of piperazine rings is 1. The van der Waals surface area contributed by atoms with E-state index < -0.39 is 0 Å². The first-order valence-corrected chi connectivity index (χ1v) is 9.06. The van der Waals surface area contributed by atoms with Crippen molar-refractivity contribution < 1.29 is 9.53 Å². The third-order valence-electron chi connectivity index (χ3n) is 4.29. The second-order valence-electron chi connectivity index (χ2n) is 6.64. The number of hydrogen-bond donors (Lipinski definition) is 1. The minimum Gasteiger partial charge on any atom is -0.475 e. The molecule has 0 aliphatic carbocycles. The van der Waals surface area contributed by atoms with Crippen LogP contribution in [0.3, 0.4) is 0 Å². The van der Waals surface area contributed by atoms with Gasteiger partial charge in [-0.05, 0) is 31.5 Å². The van der Waals surface area contributed by atoms with Crippen molar-refractivity contribution in [2.75, 3.05) is 31.1 Å². The van der Waals surface area contributed by atoms with Crippen LogP contribution in [0.2, 0.25) is 0 Å². The van der Waals surface area contributed by atoms with E-state index in [4.69, 9.17) is 4.74 Å². The summed E-state index contributed by atoms with van der Waals surface area (Å²) in [7, 11) is 0. The van der Waals surface area contributed by atoms with Gasteiger partial charge in [-0.3, -0.25) is 0 Å². The summed E-state index contributed by atoms with van der Waals surface area (Å²) in [5, 5.41) is 2.97. The maximum absolute atomic E-state index is 12.4. The smallest absolute Gasteiger partial charge is 0.317 e. The number of nitrogens with one attached hydrogen (secondary N) is 1. The van der Waals surface area contributed by atoms with E-state index in [0.717, 1.165) is 31.7 Å². The molecule has 1 fully saturated rings. The number of rotatable bonds is 5. The minimum atomic E-state index is -0.0276. The quantitative estimate of drug-likeness (QED) is 0.897. The second-order valence-corrected chi connectivity index (χ2v) is 6.64. The average molecular weight is 354 g/mol. The fraction of sp³-hybridized carbons (Fsp3) is 0.400. The van der Waals surface area contributed by atoms with Gasteiger partial charge in [-0.2, -0.15) is 0 Å². The van der Waals surface area contributed by atoms with Crippen LogP contribution in [0.25, 0.3) is 0 Å². The van der Waals surface area contributed by atoms with Crippen molar-refractivity contribution in [3.05, 3.63) is 54.2 Å². The summed E-state index contributed by atoms with van der Waals surface area (Å²) in [5.41, 5.74) is 2.17.